The largest absolute Gasteiger partial charge is 0.382 e. The van der Waals surface area contributed by atoms with Crippen LogP contribution in [0.3, 0.4) is 0 Å². The van der Waals surface area contributed by atoms with E-state index in [1.165, 1.54) is 24.1 Å². The molecule has 2 aromatic rings. The molecule has 2 atom stereocenters. The van der Waals surface area contributed by atoms with Gasteiger partial charge in [-0.25, -0.2) is 9.67 Å². The van der Waals surface area contributed by atoms with Gasteiger partial charge >= 0.3 is 0 Å². The number of nitrogens with zero attached hydrogens (tertiary/aromatic N) is 3. The lowest BCUT2D eigenvalue weighted by Gasteiger charge is -2.20. The summed E-state index contributed by atoms with van der Waals surface area (Å²) in [6, 6.07) is 9.19. The number of rotatable bonds is 4. The minimum Gasteiger partial charge on any atom is -0.382 e. The van der Waals surface area contributed by atoms with Crippen LogP contribution in [0.4, 0.5) is 5.69 Å². The molecule has 2 unspecified atom stereocenters. The Labute approximate surface area is 126 Å². The fourth-order valence-electron chi connectivity index (χ4n) is 3.56. The molecule has 1 aliphatic rings. The number of benzene rings is 1. The fourth-order valence-corrected chi connectivity index (χ4v) is 3.56. The maximum atomic E-state index is 4.16. The van der Waals surface area contributed by atoms with Gasteiger partial charge in [-0.2, -0.15) is 5.10 Å². The Kier molecular flexibility index (Phi) is 3.70. The molecule has 1 fully saturated rings. The van der Waals surface area contributed by atoms with E-state index in [4.69, 9.17) is 0 Å². The van der Waals surface area contributed by atoms with Gasteiger partial charge in [0.15, 0.2) is 0 Å². The Morgan fingerprint density at radius 1 is 1.33 bits per heavy atom. The van der Waals surface area contributed by atoms with Crippen molar-refractivity contribution in [1.29, 1.82) is 0 Å². The van der Waals surface area contributed by atoms with Crippen molar-refractivity contribution in [3.8, 4) is 0 Å². The van der Waals surface area contributed by atoms with Crippen LogP contribution in [0.15, 0.2) is 36.9 Å². The Morgan fingerprint density at radius 2 is 2.19 bits per heavy atom. The van der Waals surface area contributed by atoms with E-state index in [2.05, 4.69) is 60.4 Å². The Bertz CT molecular complexity index is 589. The van der Waals surface area contributed by atoms with Crippen molar-refractivity contribution < 1.29 is 0 Å². The molecule has 0 spiro atoms. The van der Waals surface area contributed by atoms with E-state index < -0.39 is 0 Å². The van der Waals surface area contributed by atoms with Crippen LogP contribution in [0.2, 0.25) is 0 Å². The van der Waals surface area contributed by atoms with Gasteiger partial charge in [0.1, 0.15) is 12.7 Å². The van der Waals surface area contributed by atoms with Gasteiger partial charge in [0.25, 0.3) is 0 Å². The van der Waals surface area contributed by atoms with Crippen molar-refractivity contribution in [3.63, 3.8) is 0 Å². The number of aromatic nitrogens is 3. The van der Waals surface area contributed by atoms with E-state index in [0.29, 0.717) is 11.5 Å². The first-order valence-electron chi connectivity index (χ1n) is 7.70. The molecule has 1 heterocycles. The van der Waals surface area contributed by atoms with Crippen LogP contribution in [0.1, 0.15) is 39.2 Å². The first kappa shape index (κ1) is 14.1. The first-order valence-corrected chi connectivity index (χ1v) is 7.70. The Hall–Kier alpha value is -1.84. The smallest absolute Gasteiger partial charge is 0.137 e. The molecule has 0 amide bonds. The lowest BCUT2D eigenvalue weighted by atomic mass is 9.91. The normalized spacial score (nSPS) is 24.1. The average molecular weight is 284 g/mol. The molecular weight excluding hydrogens is 260 g/mol. The molecule has 0 aliphatic heterocycles. The summed E-state index contributed by atoms with van der Waals surface area (Å²) in [6.07, 6.45) is 5.86. The number of hydrogen-bond acceptors (Lipinski definition) is 3. The van der Waals surface area contributed by atoms with Crippen molar-refractivity contribution in [2.45, 2.75) is 46.2 Å². The molecular formula is C17H24N4. The lowest BCUT2D eigenvalue weighted by Crippen LogP contribution is -2.22. The zero-order chi connectivity index (χ0) is 14.9. The van der Waals surface area contributed by atoms with Crippen LogP contribution in [0.5, 0.6) is 0 Å². The lowest BCUT2D eigenvalue weighted by molar-refractivity contribution is 0.366. The molecule has 0 saturated heterocycles. The van der Waals surface area contributed by atoms with Crippen LogP contribution in [-0.4, -0.2) is 20.8 Å². The van der Waals surface area contributed by atoms with Crippen LogP contribution in [0.25, 0.3) is 0 Å². The van der Waals surface area contributed by atoms with Gasteiger partial charge in [0, 0.05) is 11.7 Å². The minimum atomic E-state index is 0.454. The SMILES string of the molecule is CC1CC(C)(C)CC1Nc1cccc(Cn2cncn2)c1. The van der Waals surface area contributed by atoms with Gasteiger partial charge in [0.2, 0.25) is 0 Å². The van der Waals surface area contributed by atoms with Crippen LogP contribution in [0, 0.1) is 11.3 Å². The van der Waals surface area contributed by atoms with Gasteiger partial charge in [-0.3, -0.25) is 0 Å². The molecule has 1 aromatic heterocycles. The maximum Gasteiger partial charge on any atom is 0.137 e. The zero-order valence-corrected chi connectivity index (χ0v) is 13.1. The summed E-state index contributed by atoms with van der Waals surface area (Å²) in [5.74, 6) is 0.721. The summed E-state index contributed by atoms with van der Waals surface area (Å²) in [5, 5.41) is 7.88. The van der Waals surface area contributed by atoms with Crippen LogP contribution in [-0.2, 0) is 6.54 Å². The Balaban J connectivity index is 1.69. The van der Waals surface area contributed by atoms with E-state index in [1.807, 2.05) is 4.68 Å². The fraction of sp³-hybridized carbons (Fsp3) is 0.529. The molecule has 21 heavy (non-hydrogen) atoms. The van der Waals surface area contributed by atoms with E-state index in [-0.39, 0.29) is 0 Å². The molecule has 3 rings (SSSR count). The third-order valence-corrected chi connectivity index (χ3v) is 4.42. The topological polar surface area (TPSA) is 42.7 Å². The quantitative estimate of drug-likeness (QED) is 0.933. The summed E-state index contributed by atoms with van der Waals surface area (Å²) in [4.78, 5) is 3.99. The molecule has 1 aromatic carbocycles. The summed E-state index contributed by atoms with van der Waals surface area (Å²) in [7, 11) is 0. The van der Waals surface area contributed by atoms with Crippen molar-refractivity contribution in [1.82, 2.24) is 14.8 Å². The predicted octanol–water partition coefficient (Wildman–Crippen LogP) is 3.56. The van der Waals surface area contributed by atoms with Gasteiger partial charge in [-0.05, 0) is 41.9 Å². The summed E-state index contributed by atoms with van der Waals surface area (Å²) in [6.45, 7) is 7.85. The Morgan fingerprint density at radius 3 is 2.86 bits per heavy atom. The van der Waals surface area contributed by atoms with Gasteiger partial charge in [-0.1, -0.05) is 32.9 Å². The highest BCUT2D eigenvalue weighted by molar-refractivity contribution is 5.47. The highest BCUT2D eigenvalue weighted by Gasteiger charge is 2.36. The second kappa shape index (κ2) is 5.51. The van der Waals surface area contributed by atoms with Crippen molar-refractivity contribution in [3.05, 3.63) is 42.5 Å². The van der Waals surface area contributed by atoms with Crippen molar-refractivity contribution in [2.75, 3.05) is 5.32 Å². The third kappa shape index (κ3) is 3.43. The first-order chi connectivity index (χ1) is 10.0. The number of nitrogens with one attached hydrogen (secondary N) is 1. The van der Waals surface area contributed by atoms with Gasteiger partial charge < -0.3 is 5.32 Å². The molecule has 4 nitrogen and oxygen atoms in total. The zero-order valence-electron chi connectivity index (χ0n) is 13.1. The van der Waals surface area contributed by atoms with E-state index in [0.717, 1.165) is 12.5 Å². The van der Waals surface area contributed by atoms with Gasteiger partial charge in [-0.15, -0.1) is 0 Å². The van der Waals surface area contributed by atoms with Crippen LogP contribution < -0.4 is 5.32 Å². The highest BCUT2D eigenvalue weighted by atomic mass is 15.3. The second-order valence-electron chi connectivity index (χ2n) is 7.09. The summed E-state index contributed by atoms with van der Waals surface area (Å²) in [5.41, 5.74) is 2.91. The van der Waals surface area contributed by atoms with Crippen LogP contribution >= 0.6 is 0 Å². The number of anilines is 1. The molecule has 112 valence electrons. The molecule has 0 radical (unpaired) electrons. The number of hydrogen-bond donors (Lipinski definition) is 1. The molecule has 1 saturated carbocycles. The monoisotopic (exact) mass is 284 g/mol. The van der Waals surface area contributed by atoms with Crippen molar-refractivity contribution in [2.24, 2.45) is 11.3 Å². The molecule has 1 N–H and O–H groups in total. The standard InChI is InChI=1S/C17H24N4/c1-13-8-17(2,3)9-16(13)20-15-6-4-5-14(7-15)10-21-12-18-11-19-21/h4-7,11-13,16,20H,8-10H2,1-3H3. The summed E-state index contributed by atoms with van der Waals surface area (Å²) < 4.78 is 1.85. The average Bonchev–Trinajstić information content (AvgIpc) is 2.98. The molecule has 1 aliphatic carbocycles. The van der Waals surface area contributed by atoms with Gasteiger partial charge in [0.05, 0.1) is 6.54 Å². The van der Waals surface area contributed by atoms with E-state index in [1.54, 1.807) is 12.7 Å². The summed E-state index contributed by atoms with van der Waals surface area (Å²) >= 11 is 0. The molecule has 0 bridgehead atoms. The van der Waals surface area contributed by atoms with E-state index in [9.17, 15) is 0 Å². The third-order valence-electron chi connectivity index (χ3n) is 4.42. The molecule has 4 heteroatoms. The van der Waals surface area contributed by atoms with Crippen molar-refractivity contribution >= 4 is 5.69 Å². The second-order valence-corrected chi connectivity index (χ2v) is 7.09. The minimum absolute atomic E-state index is 0.454. The van der Waals surface area contributed by atoms with E-state index >= 15 is 0 Å². The predicted molar refractivity (Wildman–Crippen MR) is 85.2 cm³/mol. The highest BCUT2D eigenvalue weighted by Crippen LogP contribution is 2.42. The maximum absolute atomic E-state index is 4.16.